The van der Waals surface area contributed by atoms with Gasteiger partial charge in [0.1, 0.15) is 22.1 Å². The number of carbonyl (C=O) groups is 1. The smallest absolute Gasteiger partial charge is 0.388 e. The van der Waals surface area contributed by atoms with Gasteiger partial charge in [-0.05, 0) is 110 Å². The molecule has 6 aromatic rings. The Kier molecular flexibility index (Phi) is 15.8. The minimum absolute atomic E-state index is 0.0398. The standard InChI is InChI=1S/C56H65F3N10O9S/c1-34(2)40-7-5-6-8-41(40)46-33-66(32-36-13-18-60-49(23-36)78-54(58)59)21-22-68(46)38-27-56(28-38)16-19-67(20-17-56)37-9-10-42(47(24-37)77-48-26-43-44(57)31-63-50(43)64-53(48)76-4)52(70)65-79(74,75)39-25-45(69(72)73)51(62-30-39)61-29-35-11-14-55(3,71)15-12-35/h5-10,13,18,23-26,30-31,34-35,38,46,54,71H,11-12,14-17,19-22,27-29,32-33H2,1-4H3,(H,61,62)(H,63,64)(H,65,70)/t35?,46-,55?/m0/s1. The van der Waals surface area contributed by atoms with Crippen molar-refractivity contribution < 1.29 is 50.6 Å². The third-order valence-corrected chi connectivity index (χ3v) is 17.7. The van der Waals surface area contributed by atoms with Crippen molar-refractivity contribution in [1.82, 2.24) is 34.5 Å². The summed E-state index contributed by atoms with van der Waals surface area (Å²) >= 11 is 0. The SMILES string of the molecule is COc1nc2[nH]cc(F)c2cc1Oc1cc(N2CCC3(CC2)CC(N2CCN(Cc4ccnc(OC(F)F)c4)C[C@H]2c2ccccc2C(C)C)C3)ccc1C(=O)NS(=O)(=O)c1cnc(NCC2CCC(C)(O)CC2)c([N+](=O)[O-])c1. The third kappa shape index (κ3) is 12.2. The fourth-order valence-corrected chi connectivity index (χ4v) is 12.9. The number of nitro groups is 1. The first-order valence-corrected chi connectivity index (χ1v) is 28.2. The molecule has 23 heteroatoms. The number of amides is 1. The number of fused-ring (bicyclic) bond motifs is 1. The average Bonchev–Trinajstić information content (AvgIpc) is 3.97. The van der Waals surface area contributed by atoms with Crippen molar-refractivity contribution in [3.8, 4) is 23.3 Å². The second-order valence-electron chi connectivity index (χ2n) is 22.1. The highest BCUT2D eigenvalue weighted by molar-refractivity contribution is 7.90. The number of aromatic amines is 1. The molecule has 4 fully saturated rings. The van der Waals surface area contributed by atoms with Gasteiger partial charge in [0.2, 0.25) is 11.7 Å². The number of nitrogens with zero attached hydrogens (tertiary/aromatic N) is 7. The van der Waals surface area contributed by atoms with Gasteiger partial charge in [-0.1, -0.05) is 38.1 Å². The van der Waals surface area contributed by atoms with Crippen molar-refractivity contribution in [2.24, 2.45) is 11.3 Å². The van der Waals surface area contributed by atoms with Gasteiger partial charge in [-0.25, -0.2) is 27.5 Å². The molecule has 19 nitrogen and oxygen atoms in total. The molecule has 4 aliphatic rings. The Morgan fingerprint density at radius 2 is 1.75 bits per heavy atom. The first-order valence-electron chi connectivity index (χ1n) is 26.7. The van der Waals surface area contributed by atoms with Gasteiger partial charge >= 0.3 is 12.3 Å². The zero-order chi connectivity index (χ0) is 55.8. The summed E-state index contributed by atoms with van der Waals surface area (Å²) in [7, 11) is -3.42. The molecule has 4 aromatic heterocycles. The zero-order valence-electron chi connectivity index (χ0n) is 44.5. The number of H-pyrrole nitrogens is 1. The van der Waals surface area contributed by atoms with Crippen LogP contribution in [0.15, 0.2) is 90.2 Å². The van der Waals surface area contributed by atoms with Gasteiger partial charge in [0.25, 0.3) is 21.8 Å². The van der Waals surface area contributed by atoms with Crippen molar-refractivity contribution in [3.63, 3.8) is 0 Å². The Labute approximate surface area is 456 Å². The number of methoxy groups -OCH3 is 1. The third-order valence-electron chi connectivity index (χ3n) is 16.4. The molecular weight excluding hydrogens is 1050 g/mol. The highest BCUT2D eigenvalue weighted by Crippen LogP contribution is 2.53. The monoisotopic (exact) mass is 1110 g/mol. The molecule has 2 aliphatic heterocycles. The normalized spacial score (nSPS) is 21.1. The summed E-state index contributed by atoms with van der Waals surface area (Å²) < 4.78 is 87.3. The van der Waals surface area contributed by atoms with Crippen molar-refractivity contribution in [1.29, 1.82) is 0 Å². The highest BCUT2D eigenvalue weighted by atomic mass is 32.2. The van der Waals surface area contributed by atoms with Crippen molar-refractivity contribution in [3.05, 3.63) is 124 Å². The largest absolute Gasteiger partial charge is 0.478 e. The number of carbonyl (C=O) groups excluding carboxylic acids is 1. The van der Waals surface area contributed by atoms with E-state index in [1.807, 2.05) is 10.8 Å². The van der Waals surface area contributed by atoms with E-state index in [1.54, 1.807) is 25.1 Å². The molecule has 2 saturated heterocycles. The van der Waals surface area contributed by atoms with Crippen LogP contribution in [-0.2, 0) is 16.6 Å². The summed E-state index contributed by atoms with van der Waals surface area (Å²) in [4.78, 5) is 47.4. The van der Waals surface area contributed by atoms with E-state index >= 15 is 0 Å². The number of nitrogens with one attached hydrogen (secondary N) is 3. The summed E-state index contributed by atoms with van der Waals surface area (Å²) in [5, 5.41) is 25.6. The maximum absolute atomic E-state index is 14.9. The summed E-state index contributed by atoms with van der Waals surface area (Å²) in [6, 6.07) is 19.4. The van der Waals surface area contributed by atoms with Crippen LogP contribution >= 0.6 is 0 Å². The second kappa shape index (κ2) is 22.6. The lowest BCUT2D eigenvalue weighted by Crippen LogP contribution is -2.60. The van der Waals surface area contributed by atoms with Gasteiger partial charge in [-0.2, -0.15) is 13.8 Å². The molecule has 2 aliphatic carbocycles. The molecule has 6 heterocycles. The number of pyridine rings is 3. The number of ether oxygens (including phenoxy) is 3. The molecule has 1 atom stereocenters. The Morgan fingerprint density at radius 1 is 0.987 bits per heavy atom. The van der Waals surface area contributed by atoms with Crippen LogP contribution in [-0.4, -0.2) is 119 Å². The predicted octanol–water partition coefficient (Wildman–Crippen LogP) is 9.71. The molecule has 0 radical (unpaired) electrons. The van der Waals surface area contributed by atoms with E-state index < -0.39 is 49.5 Å². The number of anilines is 2. The van der Waals surface area contributed by atoms with Crippen LogP contribution in [0.25, 0.3) is 11.0 Å². The van der Waals surface area contributed by atoms with E-state index in [9.17, 15) is 41.6 Å². The lowest BCUT2D eigenvalue weighted by molar-refractivity contribution is -0.384. The number of aliphatic hydroxyl groups is 1. The average molecular weight is 1110 g/mol. The lowest BCUT2D eigenvalue weighted by atomic mass is 9.59. The molecule has 79 heavy (non-hydrogen) atoms. The fraction of sp³-hybridized carbons (Fsp3) is 0.464. The molecular formula is C56H65F3N10O9S. The quantitative estimate of drug-likeness (QED) is 0.0463. The Morgan fingerprint density at radius 3 is 2.47 bits per heavy atom. The minimum atomic E-state index is -4.77. The van der Waals surface area contributed by atoms with Crippen LogP contribution in [0.1, 0.15) is 111 Å². The number of aromatic nitrogens is 4. The molecule has 10 rings (SSSR count). The van der Waals surface area contributed by atoms with Crippen LogP contribution in [0.2, 0.25) is 0 Å². The maximum atomic E-state index is 14.9. The van der Waals surface area contributed by atoms with Gasteiger partial charge in [0.15, 0.2) is 5.75 Å². The molecule has 1 spiro atoms. The van der Waals surface area contributed by atoms with Crippen LogP contribution in [0, 0.1) is 27.3 Å². The predicted molar refractivity (Wildman–Crippen MR) is 289 cm³/mol. The van der Waals surface area contributed by atoms with Gasteiger partial charge in [-0.3, -0.25) is 24.7 Å². The number of sulfonamides is 1. The number of piperazine rings is 1. The number of alkyl halides is 2. The molecule has 2 saturated carbocycles. The van der Waals surface area contributed by atoms with Crippen LogP contribution in [0.5, 0.6) is 23.3 Å². The number of hydrogen-bond donors (Lipinski definition) is 4. The van der Waals surface area contributed by atoms with E-state index in [-0.39, 0.29) is 63.0 Å². The number of halogens is 3. The number of hydrogen-bond acceptors (Lipinski definition) is 16. The molecule has 0 unspecified atom stereocenters. The van der Waals surface area contributed by atoms with Crippen molar-refractivity contribution in [2.45, 2.75) is 114 Å². The first kappa shape index (κ1) is 55.2. The number of benzene rings is 2. The highest BCUT2D eigenvalue weighted by Gasteiger charge is 2.50. The minimum Gasteiger partial charge on any atom is -0.478 e. The van der Waals surface area contributed by atoms with E-state index in [4.69, 9.17) is 9.47 Å². The topological polar surface area (TPSA) is 231 Å². The number of rotatable bonds is 18. The van der Waals surface area contributed by atoms with Gasteiger partial charge in [-0.15, -0.1) is 0 Å². The molecule has 0 bridgehead atoms. The van der Waals surface area contributed by atoms with Gasteiger partial charge in [0.05, 0.1) is 34.8 Å². The maximum Gasteiger partial charge on any atom is 0.388 e. The van der Waals surface area contributed by atoms with Crippen LogP contribution in [0.3, 0.4) is 0 Å². The van der Waals surface area contributed by atoms with Crippen LogP contribution in [0.4, 0.5) is 30.4 Å². The summed E-state index contributed by atoms with van der Waals surface area (Å²) in [5.74, 6) is -1.72. The van der Waals surface area contributed by atoms with Gasteiger partial charge in [0, 0.05) is 100 Å². The lowest BCUT2D eigenvalue weighted by Gasteiger charge is -2.58. The Bertz CT molecular complexity index is 3320. The number of piperidine rings is 1. The molecule has 4 N–H and O–H groups in total. The molecule has 1 amide bonds. The molecule has 2 aromatic carbocycles. The zero-order valence-corrected chi connectivity index (χ0v) is 45.3. The summed E-state index contributed by atoms with van der Waals surface area (Å²) in [5.41, 5.74) is 2.82. The summed E-state index contributed by atoms with van der Waals surface area (Å²) in [6.07, 6.45) is 9.91. The van der Waals surface area contributed by atoms with E-state index in [0.717, 1.165) is 69.3 Å². The van der Waals surface area contributed by atoms with E-state index in [0.29, 0.717) is 69.5 Å². The molecule has 420 valence electrons. The first-order chi connectivity index (χ1) is 37.8. The summed E-state index contributed by atoms with van der Waals surface area (Å²) in [6.45, 7) is 7.85. The van der Waals surface area contributed by atoms with E-state index in [1.165, 1.54) is 36.6 Å². The Hall–Kier alpha value is -7.08. The van der Waals surface area contributed by atoms with E-state index in [2.05, 4.69) is 82.8 Å². The Balaban J connectivity index is 0.853. The van der Waals surface area contributed by atoms with Gasteiger partial charge < -0.3 is 34.5 Å². The van der Waals surface area contributed by atoms with Crippen molar-refractivity contribution >= 4 is 44.2 Å². The second-order valence-corrected chi connectivity index (χ2v) is 23.7. The van der Waals surface area contributed by atoms with Crippen molar-refractivity contribution in [2.75, 3.05) is 56.6 Å². The van der Waals surface area contributed by atoms with Crippen LogP contribution < -0.4 is 29.1 Å². The fourth-order valence-electron chi connectivity index (χ4n) is 12.0.